The summed E-state index contributed by atoms with van der Waals surface area (Å²) in [7, 11) is 0. The fraction of sp³-hybridized carbons (Fsp3) is 0.438. The number of aryl methyl sites for hydroxylation is 1. The van der Waals surface area contributed by atoms with Crippen LogP contribution in [-0.4, -0.2) is 22.7 Å². The molecule has 0 aliphatic heterocycles. The number of pyridine rings is 1. The summed E-state index contributed by atoms with van der Waals surface area (Å²) in [5, 5.41) is 14.1. The fourth-order valence-corrected chi connectivity index (χ4v) is 2.24. The third-order valence-corrected chi connectivity index (χ3v) is 3.37. The van der Waals surface area contributed by atoms with E-state index in [0.29, 0.717) is 0 Å². The molecule has 19 heavy (non-hydrogen) atoms. The number of aliphatic hydroxyl groups is 1. The molecular formula is C16H22N2O. The van der Waals surface area contributed by atoms with Crippen LogP contribution in [0.25, 0.3) is 10.9 Å². The summed E-state index contributed by atoms with van der Waals surface area (Å²) >= 11 is 0. The summed E-state index contributed by atoms with van der Waals surface area (Å²) in [5.74, 6) is 0. The van der Waals surface area contributed by atoms with E-state index in [4.69, 9.17) is 0 Å². The van der Waals surface area contributed by atoms with Gasteiger partial charge in [-0.15, -0.1) is 0 Å². The highest BCUT2D eigenvalue weighted by atomic mass is 16.3. The average molecular weight is 258 g/mol. The molecule has 0 saturated carbocycles. The van der Waals surface area contributed by atoms with E-state index in [1.165, 1.54) is 10.9 Å². The Labute approximate surface area is 114 Å². The third kappa shape index (κ3) is 3.75. The van der Waals surface area contributed by atoms with Gasteiger partial charge in [-0.05, 0) is 44.0 Å². The maximum Gasteiger partial charge on any atom is 0.0708 e. The lowest BCUT2D eigenvalue weighted by Crippen LogP contribution is -2.20. The van der Waals surface area contributed by atoms with Crippen LogP contribution < -0.4 is 5.32 Å². The normalized spacial score (nSPS) is 12.8. The minimum absolute atomic E-state index is 0.191. The summed E-state index contributed by atoms with van der Waals surface area (Å²) in [6.07, 6.45) is 1.43. The van der Waals surface area contributed by atoms with E-state index in [9.17, 15) is 5.11 Å². The zero-order valence-corrected chi connectivity index (χ0v) is 11.7. The molecule has 0 bridgehead atoms. The van der Waals surface area contributed by atoms with Gasteiger partial charge in [0.1, 0.15) is 0 Å². The Morgan fingerprint density at radius 1 is 1.32 bits per heavy atom. The molecule has 2 aromatic rings. The molecule has 0 aliphatic carbocycles. The lowest BCUT2D eigenvalue weighted by molar-refractivity contribution is 0.159. The molecule has 1 heterocycles. The predicted octanol–water partition coefficient (Wildman–Crippen LogP) is 2.79. The summed E-state index contributed by atoms with van der Waals surface area (Å²) < 4.78 is 0. The van der Waals surface area contributed by atoms with Crippen LogP contribution in [0.2, 0.25) is 0 Å². The van der Waals surface area contributed by atoms with Gasteiger partial charge in [-0.25, -0.2) is 0 Å². The lowest BCUT2D eigenvalue weighted by Gasteiger charge is -2.11. The molecule has 0 fully saturated rings. The van der Waals surface area contributed by atoms with Gasteiger partial charge in [0.15, 0.2) is 0 Å². The predicted molar refractivity (Wildman–Crippen MR) is 79.1 cm³/mol. The van der Waals surface area contributed by atoms with Crippen molar-refractivity contribution < 1.29 is 5.11 Å². The van der Waals surface area contributed by atoms with Crippen molar-refractivity contribution in [2.75, 3.05) is 6.54 Å². The Bertz CT molecular complexity index is 539. The highest BCUT2D eigenvalue weighted by Gasteiger charge is 2.04. The van der Waals surface area contributed by atoms with E-state index < -0.39 is 0 Å². The van der Waals surface area contributed by atoms with Crippen molar-refractivity contribution in [1.29, 1.82) is 0 Å². The lowest BCUT2D eigenvalue weighted by atomic mass is 10.1. The first-order chi connectivity index (χ1) is 9.20. The van der Waals surface area contributed by atoms with Crippen LogP contribution in [0.5, 0.6) is 0 Å². The van der Waals surface area contributed by atoms with Crippen LogP contribution in [0, 0.1) is 6.92 Å². The quantitative estimate of drug-likeness (QED) is 0.783. The fourth-order valence-electron chi connectivity index (χ4n) is 2.24. The molecule has 1 aromatic carbocycles. The molecule has 1 atom stereocenters. The monoisotopic (exact) mass is 258 g/mol. The molecule has 3 heteroatoms. The average Bonchev–Trinajstić information content (AvgIpc) is 2.42. The summed E-state index contributed by atoms with van der Waals surface area (Å²) in [6.45, 7) is 5.69. The molecule has 3 nitrogen and oxygen atoms in total. The number of aromatic nitrogens is 1. The van der Waals surface area contributed by atoms with Crippen LogP contribution in [0.3, 0.4) is 0 Å². The molecule has 1 unspecified atom stereocenters. The maximum atomic E-state index is 9.52. The van der Waals surface area contributed by atoms with E-state index in [2.05, 4.69) is 22.4 Å². The van der Waals surface area contributed by atoms with Crippen LogP contribution in [0.1, 0.15) is 31.0 Å². The van der Waals surface area contributed by atoms with Gasteiger partial charge >= 0.3 is 0 Å². The van der Waals surface area contributed by atoms with E-state index in [1.54, 1.807) is 0 Å². The number of aliphatic hydroxyl groups excluding tert-OH is 1. The van der Waals surface area contributed by atoms with Gasteiger partial charge in [0.05, 0.1) is 11.6 Å². The summed E-state index contributed by atoms with van der Waals surface area (Å²) in [6, 6.07) is 10.4. The minimum Gasteiger partial charge on any atom is -0.393 e. The second-order valence-corrected chi connectivity index (χ2v) is 4.97. The maximum absolute atomic E-state index is 9.52. The van der Waals surface area contributed by atoms with Crippen molar-refractivity contribution in [3.63, 3.8) is 0 Å². The topological polar surface area (TPSA) is 45.1 Å². The molecule has 1 aromatic heterocycles. The third-order valence-electron chi connectivity index (χ3n) is 3.37. The number of hydrogen-bond acceptors (Lipinski definition) is 3. The first kappa shape index (κ1) is 14.0. The Morgan fingerprint density at radius 2 is 2.11 bits per heavy atom. The van der Waals surface area contributed by atoms with Crippen molar-refractivity contribution in [2.45, 2.75) is 39.3 Å². The zero-order chi connectivity index (χ0) is 13.7. The van der Waals surface area contributed by atoms with Gasteiger partial charge < -0.3 is 10.4 Å². The molecule has 2 N–H and O–H groups in total. The Balaban J connectivity index is 2.04. The molecule has 0 spiro atoms. The number of hydrogen-bond donors (Lipinski definition) is 2. The van der Waals surface area contributed by atoms with Gasteiger partial charge in [0.2, 0.25) is 0 Å². The van der Waals surface area contributed by atoms with Gasteiger partial charge in [0, 0.05) is 17.6 Å². The van der Waals surface area contributed by atoms with Gasteiger partial charge in [-0.3, -0.25) is 4.98 Å². The number of nitrogens with one attached hydrogen (secondary N) is 1. The molecular weight excluding hydrogens is 236 g/mol. The Kier molecular flexibility index (Phi) is 4.88. The van der Waals surface area contributed by atoms with Gasteiger partial charge in [-0.2, -0.15) is 0 Å². The van der Waals surface area contributed by atoms with Gasteiger partial charge in [-0.1, -0.05) is 25.1 Å². The van der Waals surface area contributed by atoms with Crippen LogP contribution in [0.15, 0.2) is 30.3 Å². The van der Waals surface area contributed by atoms with Crippen LogP contribution >= 0.6 is 0 Å². The van der Waals surface area contributed by atoms with Crippen LogP contribution in [-0.2, 0) is 6.54 Å². The molecule has 2 rings (SSSR count). The van der Waals surface area contributed by atoms with E-state index in [-0.39, 0.29) is 6.10 Å². The highest BCUT2D eigenvalue weighted by Crippen LogP contribution is 2.17. The first-order valence-electron chi connectivity index (χ1n) is 6.94. The number of benzene rings is 1. The molecule has 0 radical (unpaired) electrons. The van der Waals surface area contributed by atoms with Crippen molar-refractivity contribution in [1.82, 2.24) is 10.3 Å². The summed E-state index contributed by atoms with van der Waals surface area (Å²) in [4.78, 5) is 4.54. The molecule has 0 amide bonds. The van der Waals surface area contributed by atoms with Crippen molar-refractivity contribution in [2.24, 2.45) is 0 Å². The van der Waals surface area contributed by atoms with Crippen molar-refractivity contribution in [3.8, 4) is 0 Å². The number of nitrogens with zero attached hydrogens (tertiary/aromatic N) is 1. The number of para-hydroxylation sites is 1. The largest absolute Gasteiger partial charge is 0.393 e. The number of fused-ring (bicyclic) bond motifs is 1. The second-order valence-electron chi connectivity index (χ2n) is 4.97. The smallest absolute Gasteiger partial charge is 0.0708 e. The van der Waals surface area contributed by atoms with E-state index >= 15 is 0 Å². The molecule has 0 aliphatic rings. The highest BCUT2D eigenvalue weighted by molar-refractivity contribution is 5.82. The van der Waals surface area contributed by atoms with E-state index in [1.807, 2.05) is 32.0 Å². The first-order valence-corrected chi connectivity index (χ1v) is 6.94. The number of rotatable bonds is 6. The van der Waals surface area contributed by atoms with E-state index in [0.717, 1.165) is 37.1 Å². The minimum atomic E-state index is -0.191. The van der Waals surface area contributed by atoms with Crippen molar-refractivity contribution in [3.05, 3.63) is 41.6 Å². The van der Waals surface area contributed by atoms with Crippen molar-refractivity contribution >= 4 is 10.9 Å². The van der Waals surface area contributed by atoms with Gasteiger partial charge in [0.25, 0.3) is 0 Å². The van der Waals surface area contributed by atoms with Crippen LogP contribution in [0.4, 0.5) is 0 Å². The standard InChI is InChI=1S/C16H22N2O/c1-3-14(19)8-9-17-11-13-10-12(2)18-16-7-5-4-6-15(13)16/h4-7,10,14,17,19H,3,8-9,11H2,1-2H3. The SMILES string of the molecule is CCC(O)CCNCc1cc(C)nc2ccccc12. The molecule has 102 valence electrons. The summed E-state index contributed by atoms with van der Waals surface area (Å²) in [5.41, 5.74) is 3.37. The Morgan fingerprint density at radius 3 is 2.89 bits per heavy atom. The zero-order valence-electron chi connectivity index (χ0n) is 11.7. The second kappa shape index (κ2) is 6.64. The Hall–Kier alpha value is -1.45. The molecule has 0 saturated heterocycles.